The summed E-state index contributed by atoms with van der Waals surface area (Å²) in [6.07, 6.45) is 5.61. The number of rotatable bonds is 4. The first-order chi connectivity index (χ1) is 9.24. The van der Waals surface area contributed by atoms with Crippen LogP contribution in [-0.4, -0.2) is 15.6 Å². The standard InChI is InChI=1S/C16H19NO2/c1-2-3-10-17-14-9-5-6-11(14)12-7-4-8-13(15(12)17)16(18)19/h4,7-8H,2-3,5-6,9-10H2,1H3,(H,18,19). The van der Waals surface area contributed by atoms with Crippen LogP contribution in [0.5, 0.6) is 0 Å². The van der Waals surface area contributed by atoms with Crippen LogP contribution in [0, 0.1) is 0 Å². The Bertz CT molecular complexity index is 640. The second kappa shape index (κ2) is 4.72. The van der Waals surface area contributed by atoms with Crippen molar-refractivity contribution in [2.75, 3.05) is 0 Å². The van der Waals surface area contributed by atoms with E-state index in [-0.39, 0.29) is 0 Å². The number of aryl methyl sites for hydroxylation is 2. The van der Waals surface area contributed by atoms with E-state index >= 15 is 0 Å². The average Bonchev–Trinajstić information content (AvgIpc) is 2.97. The molecule has 19 heavy (non-hydrogen) atoms. The highest BCUT2D eigenvalue weighted by Crippen LogP contribution is 2.35. The van der Waals surface area contributed by atoms with Crippen LogP contribution in [0.4, 0.5) is 0 Å². The molecular weight excluding hydrogens is 238 g/mol. The summed E-state index contributed by atoms with van der Waals surface area (Å²) >= 11 is 0. The van der Waals surface area contributed by atoms with Crippen LogP contribution in [-0.2, 0) is 19.4 Å². The summed E-state index contributed by atoms with van der Waals surface area (Å²) < 4.78 is 2.27. The van der Waals surface area contributed by atoms with E-state index in [1.165, 1.54) is 17.7 Å². The van der Waals surface area contributed by atoms with Crippen molar-refractivity contribution in [3.63, 3.8) is 0 Å². The van der Waals surface area contributed by atoms with Gasteiger partial charge in [-0.15, -0.1) is 0 Å². The van der Waals surface area contributed by atoms with Crippen LogP contribution in [0.2, 0.25) is 0 Å². The fraction of sp³-hybridized carbons (Fsp3) is 0.438. The van der Waals surface area contributed by atoms with Gasteiger partial charge in [-0.25, -0.2) is 4.79 Å². The van der Waals surface area contributed by atoms with Crippen molar-refractivity contribution in [1.82, 2.24) is 4.57 Å². The van der Waals surface area contributed by atoms with Crippen LogP contribution in [0.25, 0.3) is 10.9 Å². The average molecular weight is 257 g/mol. The first kappa shape index (κ1) is 12.3. The van der Waals surface area contributed by atoms with Gasteiger partial charge >= 0.3 is 5.97 Å². The molecule has 0 atom stereocenters. The number of aromatic nitrogens is 1. The predicted molar refractivity (Wildman–Crippen MR) is 75.8 cm³/mol. The van der Waals surface area contributed by atoms with Gasteiger partial charge in [0, 0.05) is 17.6 Å². The number of unbranched alkanes of at least 4 members (excludes halogenated alkanes) is 1. The summed E-state index contributed by atoms with van der Waals surface area (Å²) in [6.45, 7) is 3.11. The lowest BCUT2D eigenvalue weighted by molar-refractivity contribution is 0.0698. The minimum atomic E-state index is -0.820. The molecule has 3 rings (SSSR count). The fourth-order valence-electron chi connectivity index (χ4n) is 3.26. The molecule has 0 fully saturated rings. The molecule has 1 aromatic carbocycles. The zero-order chi connectivity index (χ0) is 13.4. The zero-order valence-corrected chi connectivity index (χ0v) is 11.3. The van der Waals surface area contributed by atoms with E-state index in [0.29, 0.717) is 5.56 Å². The molecule has 0 aliphatic heterocycles. The predicted octanol–water partition coefficient (Wildman–Crippen LogP) is 3.63. The molecule has 1 heterocycles. The van der Waals surface area contributed by atoms with E-state index in [1.807, 2.05) is 6.07 Å². The molecule has 1 N–H and O–H groups in total. The van der Waals surface area contributed by atoms with Crippen molar-refractivity contribution < 1.29 is 9.90 Å². The summed E-state index contributed by atoms with van der Waals surface area (Å²) in [5, 5.41) is 10.6. The van der Waals surface area contributed by atoms with E-state index in [4.69, 9.17) is 0 Å². The lowest BCUT2D eigenvalue weighted by atomic mass is 10.1. The van der Waals surface area contributed by atoms with Crippen LogP contribution in [0.15, 0.2) is 18.2 Å². The maximum absolute atomic E-state index is 11.5. The van der Waals surface area contributed by atoms with E-state index in [2.05, 4.69) is 17.6 Å². The number of carboxylic acid groups (broad SMARTS) is 1. The second-order valence-electron chi connectivity index (χ2n) is 5.29. The second-order valence-corrected chi connectivity index (χ2v) is 5.29. The lowest BCUT2D eigenvalue weighted by Gasteiger charge is -2.10. The van der Waals surface area contributed by atoms with E-state index in [0.717, 1.165) is 43.1 Å². The van der Waals surface area contributed by atoms with Gasteiger partial charge in [0.2, 0.25) is 0 Å². The summed E-state index contributed by atoms with van der Waals surface area (Å²) in [6, 6.07) is 5.67. The van der Waals surface area contributed by atoms with Crippen LogP contribution >= 0.6 is 0 Å². The number of aromatic carboxylic acids is 1. The molecule has 0 saturated heterocycles. The molecule has 2 aromatic rings. The third kappa shape index (κ3) is 1.84. The molecule has 3 heteroatoms. The number of fused-ring (bicyclic) bond motifs is 3. The molecule has 1 aliphatic rings. The van der Waals surface area contributed by atoms with Gasteiger partial charge in [-0.3, -0.25) is 0 Å². The van der Waals surface area contributed by atoms with E-state index in [9.17, 15) is 9.90 Å². The monoisotopic (exact) mass is 257 g/mol. The van der Waals surface area contributed by atoms with Gasteiger partial charge < -0.3 is 9.67 Å². The number of para-hydroxylation sites is 1. The first-order valence-electron chi connectivity index (χ1n) is 7.10. The highest BCUT2D eigenvalue weighted by Gasteiger charge is 2.24. The normalized spacial score (nSPS) is 13.9. The van der Waals surface area contributed by atoms with Gasteiger partial charge in [0.15, 0.2) is 0 Å². The van der Waals surface area contributed by atoms with Gasteiger partial charge in [-0.05, 0) is 37.3 Å². The maximum atomic E-state index is 11.5. The molecule has 0 amide bonds. The molecule has 0 radical (unpaired) electrons. The molecule has 0 saturated carbocycles. The zero-order valence-electron chi connectivity index (χ0n) is 11.3. The van der Waals surface area contributed by atoms with Crippen molar-refractivity contribution in [2.45, 2.75) is 45.6 Å². The van der Waals surface area contributed by atoms with Gasteiger partial charge in [-0.2, -0.15) is 0 Å². The largest absolute Gasteiger partial charge is 0.478 e. The summed E-state index contributed by atoms with van der Waals surface area (Å²) in [7, 11) is 0. The van der Waals surface area contributed by atoms with Gasteiger partial charge in [0.05, 0.1) is 11.1 Å². The van der Waals surface area contributed by atoms with Crippen molar-refractivity contribution in [3.05, 3.63) is 35.0 Å². The summed E-state index contributed by atoms with van der Waals surface area (Å²) in [4.78, 5) is 11.5. The first-order valence-corrected chi connectivity index (χ1v) is 7.10. The van der Waals surface area contributed by atoms with E-state index < -0.39 is 5.97 Å². The van der Waals surface area contributed by atoms with Crippen LogP contribution < -0.4 is 0 Å². The van der Waals surface area contributed by atoms with Crippen molar-refractivity contribution in [3.8, 4) is 0 Å². The highest BCUT2D eigenvalue weighted by molar-refractivity contribution is 6.04. The number of nitrogens with zero attached hydrogens (tertiary/aromatic N) is 1. The minimum absolute atomic E-state index is 0.447. The Morgan fingerprint density at radius 1 is 1.37 bits per heavy atom. The SMILES string of the molecule is CCCCn1c2c(c3cccc(C(=O)O)c31)CCC2. The Morgan fingerprint density at radius 2 is 2.21 bits per heavy atom. The quantitative estimate of drug-likeness (QED) is 0.908. The van der Waals surface area contributed by atoms with Crippen LogP contribution in [0.1, 0.15) is 47.8 Å². The van der Waals surface area contributed by atoms with Gasteiger partial charge in [0.25, 0.3) is 0 Å². The van der Waals surface area contributed by atoms with Crippen LogP contribution in [0.3, 0.4) is 0 Å². The van der Waals surface area contributed by atoms with E-state index in [1.54, 1.807) is 6.07 Å². The Balaban J connectivity index is 2.28. The summed E-state index contributed by atoms with van der Waals surface area (Å²) in [5.41, 5.74) is 4.14. The molecule has 100 valence electrons. The molecule has 3 nitrogen and oxygen atoms in total. The number of benzene rings is 1. The van der Waals surface area contributed by atoms with Gasteiger partial charge in [-0.1, -0.05) is 25.5 Å². The Morgan fingerprint density at radius 3 is 2.95 bits per heavy atom. The Labute approximate surface area is 112 Å². The Kier molecular flexibility index (Phi) is 3.05. The minimum Gasteiger partial charge on any atom is -0.478 e. The third-order valence-electron chi connectivity index (χ3n) is 4.11. The molecule has 0 spiro atoms. The summed E-state index contributed by atoms with van der Waals surface area (Å²) in [5.74, 6) is -0.820. The molecule has 0 unspecified atom stereocenters. The lowest BCUT2D eigenvalue weighted by Crippen LogP contribution is -2.06. The fourth-order valence-corrected chi connectivity index (χ4v) is 3.26. The number of hydrogen-bond donors (Lipinski definition) is 1. The number of hydrogen-bond acceptors (Lipinski definition) is 1. The maximum Gasteiger partial charge on any atom is 0.337 e. The van der Waals surface area contributed by atoms with Crippen molar-refractivity contribution in [2.24, 2.45) is 0 Å². The topological polar surface area (TPSA) is 42.2 Å². The number of carboxylic acids is 1. The molecular formula is C16H19NO2. The third-order valence-corrected chi connectivity index (χ3v) is 4.11. The number of carbonyl (C=O) groups is 1. The Hall–Kier alpha value is -1.77. The molecule has 1 aliphatic carbocycles. The van der Waals surface area contributed by atoms with Gasteiger partial charge in [0.1, 0.15) is 0 Å². The smallest absolute Gasteiger partial charge is 0.337 e. The van der Waals surface area contributed by atoms with Crippen molar-refractivity contribution >= 4 is 16.9 Å². The highest BCUT2D eigenvalue weighted by atomic mass is 16.4. The molecule has 0 bridgehead atoms. The van der Waals surface area contributed by atoms with Crippen molar-refractivity contribution in [1.29, 1.82) is 0 Å². The molecule has 1 aromatic heterocycles.